The molecule has 0 aliphatic heterocycles. The minimum absolute atomic E-state index is 0.136. The number of phenols is 1. The topological polar surface area (TPSA) is 71.7 Å². The Morgan fingerprint density at radius 1 is 1.18 bits per heavy atom. The van der Waals surface area contributed by atoms with Gasteiger partial charge in [-0.1, -0.05) is 25.4 Å². The lowest BCUT2D eigenvalue weighted by Crippen LogP contribution is -2.12. The predicted octanol–water partition coefficient (Wildman–Crippen LogP) is 5.90. The number of phenolic OH excluding ortho intramolecular Hbond substituents is 1. The highest BCUT2D eigenvalue weighted by atomic mass is 35.5. The molecule has 0 atom stereocenters. The van der Waals surface area contributed by atoms with E-state index in [9.17, 15) is 9.90 Å². The van der Waals surface area contributed by atoms with Crippen LogP contribution in [0, 0.1) is 6.92 Å². The van der Waals surface area contributed by atoms with Gasteiger partial charge in [0, 0.05) is 10.7 Å². The first-order chi connectivity index (χ1) is 13.3. The quantitative estimate of drug-likeness (QED) is 0.506. The maximum absolute atomic E-state index is 12.5. The number of hydrogen-bond donors (Lipinski definition) is 2. The number of rotatable bonds is 6. The number of nitrogens with one attached hydrogen (secondary N) is 1. The number of carbonyl (C=O) groups is 1. The molecule has 3 aromatic rings. The van der Waals surface area contributed by atoms with Crippen LogP contribution in [0.5, 0.6) is 11.5 Å². The van der Waals surface area contributed by atoms with Gasteiger partial charge in [-0.25, -0.2) is 0 Å². The van der Waals surface area contributed by atoms with Gasteiger partial charge < -0.3 is 19.6 Å². The summed E-state index contributed by atoms with van der Waals surface area (Å²) in [6.07, 6.45) is 0. The molecule has 0 fully saturated rings. The summed E-state index contributed by atoms with van der Waals surface area (Å²) < 4.78 is 11.2. The molecule has 3 rings (SSSR count). The normalized spacial score (nSPS) is 10.9. The van der Waals surface area contributed by atoms with Crippen LogP contribution in [0.2, 0.25) is 5.02 Å². The highest BCUT2D eigenvalue weighted by Crippen LogP contribution is 2.31. The summed E-state index contributed by atoms with van der Waals surface area (Å²) in [5, 5.41) is 13.5. The lowest BCUT2D eigenvalue weighted by atomic mass is 9.99. The zero-order valence-electron chi connectivity index (χ0n) is 16.0. The zero-order valence-corrected chi connectivity index (χ0v) is 16.7. The first-order valence-corrected chi connectivity index (χ1v) is 9.33. The van der Waals surface area contributed by atoms with Crippen molar-refractivity contribution >= 4 is 23.2 Å². The van der Waals surface area contributed by atoms with Crippen LogP contribution < -0.4 is 10.1 Å². The fourth-order valence-corrected chi connectivity index (χ4v) is 2.88. The number of anilines is 1. The maximum atomic E-state index is 12.5. The van der Waals surface area contributed by atoms with Gasteiger partial charge in [-0.05, 0) is 72.5 Å². The van der Waals surface area contributed by atoms with Gasteiger partial charge >= 0.3 is 0 Å². The van der Waals surface area contributed by atoms with E-state index in [4.69, 9.17) is 20.8 Å². The van der Waals surface area contributed by atoms with Crippen LogP contribution in [0.4, 0.5) is 5.69 Å². The van der Waals surface area contributed by atoms with E-state index in [1.165, 1.54) is 0 Å². The Balaban J connectivity index is 1.67. The first kappa shape index (κ1) is 19.8. The number of halogens is 1. The van der Waals surface area contributed by atoms with Gasteiger partial charge in [0.25, 0.3) is 5.91 Å². The van der Waals surface area contributed by atoms with Gasteiger partial charge in [0.15, 0.2) is 5.76 Å². The van der Waals surface area contributed by atoms with Crippen LogP contribution in [-0.4, -0.2) is 11.0 Å². The van der Waals surface area contributed by atoms with Crippen LogP contribution >= 0.6 is 11.6 Å². The van der Waals surface area contributed by atoms with E-state index in [-0.39, 0.29) is 29.9 Å². The van der Waals surface area contributed by atoms with E-state index in [0.29, 0.717) is 22.2 Å². The molecule has 0 saturated carbocycles. The molecular weight excluding hydrogens is 378 g/mol. The Labute approximate surface area is 168 Å². The van der Waals surface area contributed by atoms with Crippen LogP contribution in [0.1, 0.15) is 47.2 Å². The Hall–Kier alpha value is -2.92. The van der Waals surface area contributed by atoms with E-state index in [1.807, 2.05) is 20.8 Å². The summed E-state index contributed by atoms with van der Waals surface area (Å²) in [5.41, 5.74) is 2.19. The minimum Gasteiger partial charge on any atom is -0.508 e. The molecule has 0 saturated heterocycles. The van der Waals surface area contributed by atoms with Crippen molar-refractivity contribution in [3.8, 4) is 11.5 Å². The van der Waals surface area contributed by atoms with Gasteiger partial charge in [0.1, 0.15) is 23.9 Å². The van der Waals surface area contributed by atoms with Crippen molar-refractivity contribution in [2.24, 2.45) is 0 Å². The Morgan fingerprint density at radius 3 is 2.57 bits per heavy atom. The van der Waals surface area contributed by atoms with Gasteiger partial charge in [-0.15, -0.1) is 0 Å². The molecule has 0 aliphatic carbocycles. The number of hydrogen-bond acceptors (Lipinski definition) is 4. The molecule has 28 heavy (non-hydrogen) atoms. The fraction of sp³-hybridized carbons (Fsp3) is 0.227. The number of furan rings is 1. The summed E-state index contributed by atoms with van der Waals surface area (Å²) >= 11 is 5.85. The monoisotopic (exact) mass is 399 g/mol. The molecule has 0 unspecified atom stereocenters. The summed E-state index contributed by atoms with van der Waals surface area (Å²) in [6, 6.07) is 13.8. The molecule has 0 radical (unpaired) electrons. The zero-order chi connectivity index (χ0) is 20.3. The lowest BCUT2D eigenvalue weighted by Gasteiger charge is -2.14. The van der Waals surface area contributed by atoms with Gasteiger partial charge in [0.2, 0.25) is 0 Å². The van der Waals surface area contributed by atoms with Crippen molar-refractivity contribution in [2.75, 3.05) is 5.32 Å². The van der Waals surface area contributed by atoms with E-state index >= 15 is 0 Å². The largest absolute Gasteiger partial charge is 0.508 e. The molecule has 1 amide bonds. The number of aromatic hydroxyl groups is 1. The molecule has 2 aromatic carbocycles. The van der Waals surface area contributed by atoms with Gasteiger partial charge in [-0.2, -0.15) is 0 Å². The van der Waals surface area contributed by atoms with Crippen molar-refractivity contribution < 1.29 is 19.1 Å². The molecular formula is C22H22ClNO4. The van der Waals surface area contributed by atoms with Crippen LogP contribution in [-0.2, 0) is 6.61 Å². The number of benzene rings is 2. The second-order valence-corrected chi connectivity index (χ2v) is 7.28. The number of aryl methyl sites for hydroxylation is 1. The summed E-state index contributed by atoms with van der Waals surface area (Å²) in [7, 11) is 0. The second kappa shape index (κ2) is 8.40. The second-order valence-electron chi connectivity index (χ2n) is 6.84. The summed E-state index contributed by atoms with van der Waals surface area (Å²) in [4.78, 5) is 12.5. The average molecular weight is 400 g/mol. The van der Waals surface area contributed by atoms with Crippen molar-refractivity contribution in [1.29, 1.82) is 0 Å². The van der Waals surface area contributed by atoms with E-state index < -0.39 is 0 Å². The molecule has 5 nitrogen and oxygen atoms in total. The number of ether oxygens (including phenoxy) is 1. The third-order valence-corrected chi connectivity index (χ3v) is 4.58. The van der Waals surface area contributed by atoms with E-state index in [2.05, 4.69) is 5.32 Å². The van der Waals surface area contributed by atoms with Crippen LogP contribution in [0.15, 0.2) is 52.9 Å². The number of amides is 1. The molecule has 0 spiro atoms. The van der Waals surface area contributed by atoms with Crippen molar-refractivity contribution in [3.63, 3.8) is 0 Å². The first-order valence-electron chi connectivity index (χ1n) is 8.95. The number of carbonyl (C=O) groups excluding carboxylic acids is 1. The van der Waals surface area contributed by atoms with Gasteiger partial charge in [-0.3, -0.25) is 4.79 Å². The molecule has 2 N–H and O–H groups in total. The minimum atomic E-state index is -0.360. The Bertz CT molecular complexity index is 977. The van der Waals surface area contributed by atoms with E-state index in [1.54, 1.807) is 48.5 Å². The van der Waals surface area contributed by atoms with Crippen LogP contribution in [0.25, 0.3) is 0 Å². The smallest absolute Gasteiger partial charge is 0.291 e. The fourth-order valence-electron chi connectivity index (χ4n) is 2.75. The third kappa shape index (κ3) is 4.67. The Kier molecular flexibility index (Phi) is 5.95. The highest BCUT2D eigenvalue weighted by Gasteiger charge is 2.15. The predicted molar refractivity (Wildman–Crippen MR) is 109 cm³/mol. The molecule has 146 valence electrons. The van der Waals surface area contributed by atoms with Crippen molar-refractivity contribution in [2.45, 2.75) is 33.3 Å². The van der Waals surface area contributed by atoms with Gasteiger partial charge in [0.05, 0.1) is 0 Å². The molecule has 6 heteroatoms. The molecule has 0 bridgehead atoms. The SMILES string of the molecule is Cc1cc(O)c(C(C)C)cc1NC(=O)c1ccc(COc2ccc(Cl)cc2)o1. The summed E-state index contributed by atoms with van der Waals surface area (Å²) in [6.45, 7) is 5.99. The van der Waals surface area contributed by atoms with Crippen molar-refractivity contribution in [1.82, 2.24) is 0 Å². The van der Waals surface area contributed by atoms with E-state index in [0.717, 1.165) is 11.1 Å². The van der Waals surface area contributed by atoms with Crippen molar-refractivity contribution in [3.05, 3.63) is 76.2 Å². The standard InChI is InChI=1S/C22H22ClNO4/c1-13(2)18-11-19(14(3)10-20(18)25)24-22(26)21-9-8-17(28-21)12-27-16-6-4-15(23)5-7-16/h4-11,13,25H,12H2,1-3H3,(H,24,26). The Morgan fingerprint density at radius 2 is 1.89 bits per heavy atom. The highest BCUT2D eigenvalue weighted by molar-refractivity contribution is 6.30. The molecule has 1 heterocycles. The average Bonchev–Trinajstić information content (AvgIpc) is 3.12. The lowest BCUT2D eigenvalue weighted by molar-refractivity contribution is 0.0992. The van der Waals surface area contributed by atoms with Crippen LogP contribution in [0.3, 0.4) is 0 Å². The third-order valence-electron chi connectivity index (χ3n) is 4.32. The molecule has 1 aromatic heterocycles. The maximum Gasteiger partial charge on any atom is 0.291 e. The molecule has 0 aliphatic rings. The summed E-state index contributed by atoms with van der Waals surface area (Å²) in [5.74, 6) is 1.38.